The third kappa shape index (κ3) is 1.86. The predicted molar refractivity (Wildman–Crippen MR) is 62.0 cm³/mol. The first-order valence-corrected chi connectivity index (χ1v) is 5.12. The minimum Gasteiger partial charge on any atom is -0.386 e. The maximum atomic E-state index is 11.2. The van der Waals surface area contributed by atoms with Crippen molar-refractivity contribution in [1.29, 1.82) is 0 Å². The first-order valence-electron chi connectivity index (χ1n) is 3.95. The Balaban J connectivity index is 3.56. The van der Waals surface area contributed by atoms with Gasteiger partial charge in [0.25, 0.3) is 5.91 Å². The van der Waals surface area contributed by atoms with Crippen molar-refractivity contribution in [1.82, 2.24) is 0 Å². The molecule has 14 heavy (non-hydrogen) atoms. The third-order valence-electron chi connectivity index (χ3n) is 1.97. The van der Waals surface area contributed by atoms with E-state index in [0.717, 1.165) is 10.0 Å². The number of nitrogens with one attached hydrogen (secondary N) is 1. The van der Waals surface area contributed by atoms with Crippen LogP contribution in [0.25, 0.3) is 0 Å². The zero-order chi connectivity index (χ0) is 10.9. The summed E-state index contributed by atoms with van der Waals surface area (Å²) in [6.45, 7) is 1.81. The summed E-state index contributed by atoms with van der Waals surface area (Å²) in [6, 6.07) is 1.73. The molecular formula is C9H10BrClN2O. The standard InChI is InChI=1S/C9H10BrClN2O/c1-4-5(10)3-6(11)8(13-2)7(4)9(12)14/h3,13H,1-2H3,(H2,12,14). The summed E-state index contributed by atoms with van der Waals surface area (Å²) in [7, 11) is 1.70. The van der Waals surface area contributed by atoms with Crippen LogP contribution in [0.5, 0.6) is 0 Å². The Kier molecular flexibility index (Phi) is 3.39. The Morgan fingerprint density at radius 3 is 2.64 bits per heavy atom. The largest absolute Gasteiger partial charge is 0.386 e. The SMILES string of the molecule is CNc1c(Cl)cc(Br)c(C)c1C(N)=O. The van der Waals surface area contributed by atoms with Crippen molar-refractivity contribution < 1.29 is 4.79 Å². The predicted octanol–water partition coefficient (Wildman–Crippen LogP) is 2.55. The number of rotatable bonds is 2. The number of halogens is 2. The van der Waals surface area contributed by atoms with E-state index in [1.165, 1.54) is 0 Å². The van der Waals surface area contributed by atoms with E-state index in [1.807, 2.05) is 0 Å². The summed E-state index contributed by atoms with van der Waals surface area (Å²) >= 11 is 9.26. The molecule has 0 heterocycles. The van der Waals surface area contributed by atoms with E-state index in [-0.39, 0.29) is 0 Å². The molecule has 0 spiro atoms. The lowest BCUT2D eigenvalue weighted by Crippen LogP contribution is -2.15. The van der Waals surface area contributed by atoms with Crippen molar-refractivity contribution >= 4 is 39.1 Å². The van der Waals surface area contributed by atoms with Crippen LogP contribution in [-0.4, -0.2) is 13.0 Å². The van der Waals surface area contributed by atoms with Gasteiger partial charge in [0.1, 0.15) is 0 Å². The highest BCUT2D eigenvalue weighted by atomic mass is 79.9. The highest BCUT2D eigenvalue weighted by Crippen LogP contribution is 2.33. The molecule has 3 N–H and O–H groups in total. The highest BCUT2D eigenvalue weighted by Gasteiger charge is 2.16. The molecule has 0 aliphatic heterocycles. The maximum absolute atomic E-state index is 11.2. The number of amides is 1. The Labute approximate surface area is 95.7 Å². The lowest BCUT2D eigenvalue weighted by Gasteiger charge is -2.12. The van der Waals surface area contributed by atoms with E-state index in [2.05, 4.69) is 21.2 Å². The molecule has 1 rings (SSSR count). The number of nitrogens with two attached hydrogens (primary N) is 1. The van der Waals surface area contributed by atoms with Gasteiger partial charge in [0.15, 0.2) is 0 Å². The summed E-state index contributed by atoms with van der Waals surface area (Å²) in [5.74, 6) is -0.491. The number of anilines is 1. The average molecular weight is 278 g/mol. The number of carbonyl (C=O) groups is 1. The van der Waals surface area contributed by atoms with Gasteiger partial charge in [-0.2, -0.15) is 0 Å². The minimum absolute atomic E-state index is 0.423. The van der Waals surface area contributed by atoms with Crippen LogP contribution in [-0.2, 0) is 0 Å². The molecule has 1 aromatic carbocycles. The Morgan fingerprint density at radius 1 is 1.64 bits per heavy atom. The van der Waals surface area contributed by atoms with E-state index in [0.29, 0.717) is 16.3 Å². The lowest BCUT2D eigenvalue weighted by molar-refractivity contribution is 0.100. The molecule has 0 unspecified atom stereocenters. The number of benzene rings is 1. The number of carbonyl (C=O) groups excluding carboxylic acids is 1. The summed E-state index contributed by atoms with van der Waals surface area (Å²) in [5, 5.41) is 3.33. The van der Waals surface area contributed by atoms with Crippen molar-refractivity contribution in [3.63, 3.8) is 0 Å². The molecule has 3 nitrogen and oxygen atoms in total. The van der Waals surface area contributed by atoms with Crippen LogP contribution in [0, 0.1) is 6.92 Å². The molecular weight excluding hydrogens is 267 g/mol. The van der Waals surface area contributed by atoms with Gasteiger partial charge in [0, 0.05) is 11.5 Å². The smallest absolute Gasteiger partial charge is 0.251 e. The molecule has 76 valence electrons. The van der Waals surface area contributed by atoms with Gasteiger partial charge in [-0.3, -0.25) is 4.79 Å². The van der Waals surface area contributed by atoms with Gasteiger partial charge >= 0.3 is 0 Å². The maximum Gasteiger partial charge on any atom is 0.251 e. The van der Waals surface area contributed by atoms with Crippen LogP contribution in [0.15, 0.2) is 10.5 Å². The van der Waals surface area contributed by atoms with Crippen LogP contribution in [0.3, 0.4) is 0 Å². The van der Waals surface area contributed by atoms with Crippen LogP contribution in [0.4, 0.5) is 5.69 Å². The van der Waals surface area contributed by atoms with E-state index < -0.39 is 5.91 Å². The zero-order valence-electron chi connectivity index (χ0n) is 7.82. The van der Waals surface area contributed by atoms with Crippen molar-refractivity contribution in [2.45, 2.75) is 6.92 Å². The summed E-state index contributed by atoms with van der Waals surface area (Å²) < 4.78 is 0.773. The van der Waals surface area contributed by atoms with E-state index >= 15 is 0 Å². The number of hydrogen-bond donors (Lipinski definition) is 2. The molecule has 0 aliphatic rings. The van der Waals surface area contributed by atoms with Gasteiger partial charge in [0.05, 0.1) is 16.3 Å². The van der Waals surface area contributed by atoms with Crippen molar-refractivity contribution in [2.75, 3.05) is 12.4 Å². The van der Waals surface area contributed by atoms with Crippen LogP contribution >= 0.6 is 27.5 Å². The van der Waals surface area contributed by atoms with Crippen molar-refractivity contribution in [2.24, 2.45) is 5.73 Å². The summed E-state index contributed by atoms with van der Waals surface area (Å²) in [6.07, 6.45) is 0. The van der Waals surface area contributed by atoms with E-state index in [1.54, 1.807) is 20.0 Å². The number of primary amides is 1. The quantitative estimate of drug-likeness (QED) is 0.873. The molecule has 0 saturated carbocycles. The number of hydrogen-bond acceptors (Lipinski definition) is 2. The van der Waals surface area contributed by atoms with Gasteiger partial charge < -0.3 is 11.1 Å². The fourth-order valence-corrected chi connectivity index (χ4v) is 2.13. The molecule has 0 bridgehead atoms. The average Bonchev–Trinajstić information content (AvgIpc) is 2.10. The lowest BCUT2D eigenvalue weighted by atomic mass is 10.1. The van der Waals surface area contributed by atoms with Crippen LogP contribution in [0.1, 0.15) is 15.9 Å². The van der Waals surface area contributed by atoms with Gasteiger partial charge in [-0.25, -0.2) is 0 Å². The molecule has 0 atom stereocenters. The molecule has 0 fully saturated rings. The first kappa shape index (κ1) is 11.3. The second-order valence-electron chi connectivity index (χ2n) is 2.83. The summed E-state index contributed by atoms with van der Waals surface area (Å²) in [4.78, 5) is 11.2. The third-order valence-corrected chi connectivity index (χ3v) is 3.09. The normalized spacial score (nSPS) is 10.0. The van der Waals surface area contributed by atoms with Gasteiger partial charge in [-0.05, 0) is 18.6 Å². The Bertz CT molecular complexity index is 393. The minimum atomic E-state index is -0.491. The second kappa shape index (κ2) is 4.19. The molecule has 5 heteroatoms. The van der Waals surface area contributed by atoms with Crippen molar-refractivity contribution in [3.8, 4) is 0 Å². The van der Waals surface area contributed by atoms with Crippen LogP contribution in [0.2, 0.25) is 5.02 Å². The molecule has 0 radical (unpaired) electrons. The first-order chi connectivity index (χ1) is 6.49. The topological polar surface area (TPSA) is 55.1 Å². The van der Waals surface area contributed by atoms with Gasteiger partial charge in [-0.15, -0.1) is 0 Å². The van der Waals surface area contributed by atoms with Gasteiger partial charge in [0.2, 0.25) is 0 Å². The molecule has 0 saturated heterocycles. The highest BCUT2D eigenvalue weighted by molar-refractivity contribution is 9.10. The summed E-state index contributed by atoms with van der Waals surface area (Å²) in [5.41, 5.74) is 7.05. The van der Waals surface area contributed by atoms with Crippen molar-refractivity contribution in [3.05, 3.63) is 26.7 Å². The Hall–Kier alpha value is -0.740. The van der Waals surface area contributed by atoms with Crippen LogP contribution < -0.4 is 11.1 Å². The Morgan fingerprint density at radius 2 is 2.21 bits per heavy atom. The van der Waals surface area contributed by atoms with E-state index in [4.69, 9.17) is 17.3 Å². The van der Waals surface area contributed by atoms with E-state index in [9.17, 15) is 4.79 Å². The van der Waals surface area contributed by atoms with Gasteiger partial charge in [-0.1, -0.05) is 27.5 Å². The monoisotopic (exact) mass is 276 g/mol. The zero-order valence-corrected chi connectivity index (χ0v) is 10.2. The fraction of sp³-hybridized carbons (Fsp3) is 0.222. The molecule has 1 aromatic rings. The fourth-order valence-electron chi connectivity index (χ4n) is 1.27. The molecule has 0 aromatic heterocycles. The molecule has 0 aliphatic carbocycles. The molecule has 1 amide bonds. The second-order valence-corrected chi connectivity index (χ2v) is 4.09.